The van der Waals surface area contributed by atoms with Crippen LogP contribution in [0.15, 0.2) is 71.2 Å². The molecule has 2 aliphatic heterocycles. The molecule has 0 radical (unpaired) electrons. The summed E-state index contributed by atoms with van der Waals surface area (Å²) in [6.07, 6.45) is 23.4. The maximum Gasteiger partial charge on any atom is 0.138 e. The van der Waals surface area contributed by atoms with Gasteiger partial charge < -0.3 is 18.9 Å². The van der Waals surface area contributed by atoms with Gasteiger partial charge in [0.05, 0.1) is 24.0 Å². The second kappa shape index (κ2) is 15.1. The zero-order valence-electron chi connectivity index (χ0n) is 33.1. The lowest BCUT2D eigenvalue weighted by atomic mass is 9.72. The van der Waals surface area contributed by atoms with Gasteiger partial charge in [-0.15, -0.1) is 45.3 Å². The van der Waals surface area contributed by atoms with E-state index in [1.54, 1.807) is 49.0 Å². The van der Waals surface area contributed by atoms with Crippen molar-refractivity contribution >= 4 is 68.6 Å². The first-order valence-corrected chi connectivity index (χ1v) is 23.5. The molecule has 6 heterocycles. The Morgan fingerprint density at radius 3 is 1.33 bits per heavy atom. The Balaban J connectivity index is 1.07. The van der Waals surface area contributed by atoms with Crippen LogP contribution in [-0.2, 0) is 20.7 Å². The Kier molecular flexibility index (Phi) is 9.74. The molecule has 298 valence electrons. The Hall–Kier alpha value is -5.60. The van der Waals surface area contributed by atoms with Crippen LogP contribution in [-0.4, -0.2) is 14.2 Å². The van der Waals surface area contributed by atoms with Gasteiger partial charge in [0, 0.05) is 63.4 Å². The predicted molar refractivity (Wildman–Crippen MR) is 238 cm³/mol. The molecule has 0 N–H and O–H groups in total. The second-order valence-electron chi connectivity index (χ2n) is 16.1. The fourth-order valence-electron chi connectivity index (χ4n) is 9.81. The fraction of sp³-hybridized carbons (Fsp3) is 0.333. The maximum atomic E-state index is 9.43. The highest BCUT2D eigenvalue weighted by Crippen LogP contribution is 2.61. The number of allylic oxidation sites excluding steroid dienone is 8. The van der Waals surface area contributed by atoms with Gasteiger partial charge in [0.2, 0.25) is 0 Å². The number of nitriles is 4. The highest BCUT2D eigenvalue weighted by atomic mass is 32.1. The van der Waals surface area contributed by atoms with Crippen LogP contribution in [0.4, 0.5) is 0 Å². The standard InChI is InChI=1S/C48H38N4O4S4/c1-53-39-19-31(13-27(23-49)24-50)57-45(39)41-21-35-43(59-41)33-15-29-18-38-34(16-30(29)17-37(33)55-47(35)9-5-3-6-10-47)44-36(48(56-38)11-7-4-8-12-48)22-42(60-44)46-40(54-2)20-32(58-46)14-28(25-51)26-52/h13-22,29-30H,3-12H2,1-2H3. The largest absolute Gasteiger partial charge is 0.495 e. The number of fused-ring (bicyclic) bond motifs is 9. The van der Waals surface area contributed by atoms with Gasteiger partial charge in [-0.05, 0) is 99.9 Å². The molecule has 4 aromatic rings. The van der Waals surface area contributed by atoms with E-state index in [-0.39, 0.29) is 23.0 Å². The van der Waals surface area contributed by atoms with Crippen LogP contribution in [0.2, 0.25) is 0 Å². The molecule has 4 aromatic heterocycles. The molecule has 10 rings (SSSR count). The van der Waals surface area contributed by atoms with Crippen molar-refractivity contribution in [2.24, 2.45) is 11.8 Å². The van der Waals surface area contributed by atoms with Crippen molar-refractivity contribution in [3.8, 4) is 55.3 Å². The SMILES string of the molecule is COc1cc(C=C(C#N)C#N)sc1-c1cc2c(s1)C1=CC3C=C4OC5(CCCCC5)c5cc(-c6sc(C=C(C#N)C#N)cc6OC)sc5C4=CC3C=C1OC21CCCCC1. The molecule has 0 aromatic carbocycles. The molecule has 12 heteroatoms. The summed E-state index contributed by atoms with van der Waals surface area (Å²) in [4.78, 5) is 8.25. The summed E-state index contributed by atoms with van der Waals surface area (Å²) in [5, 5.41) is 37.7. The maximum absolute atomic E-state index is 9.43. The van der Waals surface area contributed by atoms with Crippen molar-refractivity contribution in [3.05, 3.63) is 102 Å². The summed E-state index contributed by atoms with van der Waals surface area (Å²) in [5.74, 6) is 3.52. The second-order valence-corrected chi connectivity index (χ2v) is 20.3. The average Bonchev–Trinajstić information content (AvgIpc) is 4.10. The third-order valence-corrected chi connectivity index (χ3v) is 17.4. The summed E-state index contributed by atoms with van der Waals surface area (Å²) >= 11 is 6.62. The van der Waals surface area contributed by atoms with Crippen molar-refractivity contribution in [1.82, 2.24) is 0 Å². The van der Waals surface area contributed by atoms with Crippen LogP contribution in [0.3, 0.4) is 0 Å². The van der Waals surface area contributed by atoms with Gasteiger partial charge in [0.1, 0.15) is 69.6 Å². The van der Waals surface area contributed by atoms with Crippen LogP contribution in [0.1, 0.15) is 94.8 Å². The third-order valence-electron chi connectivity index (χ3n) is 12.6. The minimum Gasteiger partial charge on any atom is -0.495 e. The molecule has 8 nitrogen and oxygen atoms in total. The van der Waals surface area contributed by atoms with Gasteiger partial charge in [-0.2, -0.15) is 21.0 Å². The van der Waals surface area contributed by atoms with Crippen LogP contribution in [0, 0.1) is 57.2 Å². The van der Waals surface area contributed by atoms with Crippen molar-refractivity contribution in [3.63, 3.8) is 0 Å². The lowest BCUT2D eigenvalue weighted by Crippen LogP contribution is -2.37. The first-order valence-electron chi connectivity index (χ1n) is 20.3. The van der Waals surface area contributed by atoms with Crippen LogP contribution >= 0.6 is 45.3 Å². The molecule has 2 saturated carbocycles. The van der Waals surface area contributed by atoms with Crippen molar-refractivity contribution in [2.75, 3.05) is 14.2 Å². The van der Waals surface area contributed by atoms with Crippen molar-refractivity contribution < 1.29 is 18.9 Å². The van der Waals surface area contributed by atoms with E-state index in [4.69, 9.17) is 18.9 Å². The summed E-state index contributed by atoms with van der Waals surface area (Å²) in [6, 6.07) is 16.4. The third kappa shape index (κ3) is 6.29. The molecule has 2 fully saturated rings. The van der Waals surface area contributed by atoms with Crippen molar-refractivity contribution in [1.29, 1.82) is 21.0 Å². The van der Waals surface area contributed by atoms with Gasteiger partial charge in [-0.3, -0.25) is 0 Å². The first kappa shape index (κ1) is 38.6. The van der Waals surface area contributed by atoms with Crippen LogP contribution in [0.25, 0.3) is 42.8 Å². The van der Waals surface area contributed by atoms with Gasteiger partial charge in [-0.1, -0.05) is 25.0 Å². The van der Waals surface area contributed by atoms with Gasteiger partial charge in [0.25, 0.3) is 0 Å². The molecule has 60 heavy (non-hydrogen) atoms. The van der Waals surface area contributed by atoms with E-state index in [0.29, 0.717) is 0 Å². The van der Waals surface area contributed by atoms with Crippen LogP contribution in [0.5, 0.6) is 11.5 Å². The van der Waals surface area contributed by atoms with Crippen molar-refractivity contribution in [2.45, 2.75) is 75.4 Å². The number of hydrogen-bond donors (Lipinski definition) is 0. The summed E-state index contributed by atoms with van der Waals surface area (Å²) in [6.45, 7) is 0. The van der Waals surface area contributed by atoms with E-state index in [0.717, 1.165) is 115 Å². The van der Waals surface area contributed by atoms with Gasteiger partial charge in [-0.25, -0.2) is 0 Å². The molecule has 2 atom stereocenters. The molecule has 0 saturated heterocycles. The Bertz CT molecular complexity index is 2610. The number of ether oxygens (including phenoxy) is 4. The van der Waals surface area contributed by atoms with Gasteiger partial charge >= 0.3 is 0 Å². The quantitative estimate of drug-likeness (QED) is 0.175. The number of methoxy groups -OCH3 is 2. The summed E-state index contributed by atoms with van der Waals surface area (Å²) in [5.41, 5.74) is 4.06. The predicted octanol–water partition coefficient (Wildman–Crippen LogP) is 13.0. The van der Waals surface area contributed by atoms with E-state index in [9.17, 15) is 21.0 Å². The lowest BCUT2D eigenvalue weighted by Gasteiger charge is -2.46. The van der Waals surface area contributed by atoms with E-state index in [2.05, 4.69) is 36.4 Å². The molecule has 0 bridgehead atoms. The molecule has 6 aliphatic rings. The molecule has 4 aliphatic carbocycles. The Morgan fingerprint density at radius 1 is 0.567 bits per heavy atom. The minimum absolute atomic E-state index is 0.0613. The number of thiophene rings is 4. The molecule has 2 unspecified atom stereocenters. The lowest BCUT2D eigenvalue weighted by molar-refractivity contribution is -0.0338. The average molecular weight is 863 g/mol. The fourth-order valence-corrected chi connectivity index (χ4v) is 14.7. The molecule has 0 amide bonds. The zero-order chi connectivity index (χ0) is 41.2. The summed E-state index contributed by atoms with van der Waals surface area (Å²) in [7, 11) is 3.33. The first-order chi connectivity index (χ1) is 29.3. The topological polar surface area (TPSA) is 132 Å². The van der Waals surface area contributed by atoms with Crippen LogP contribution < -0.4 is 9.47 Å². The highest BCUT2D eigenvalue weighted by Gasteiger charge is 2.49. The zero-order valence-corrected chi connectivity index (χ0v) is 36.3. The van der Waals surface area contributed by atoms with E-state index < -0.39 is 11.2 Å². The summed E-state index contributed by atoms with van der Waals surface area (Å²) < 4.78 is 26.3. The van der Waals surface area contributed by atoms with E-state index in [1.165, 1.54) is 56.4 Å². The Labute approximate surface area is 365 Å². The highest BCUT2D eigenvalue weighted by molar-refractivity contribution is 7.24. The normalized spacial score (nSPS) is 21.0. The number of nitrogens with zero attached hydrogens (tertiary/aromatic N) is 4. The molecular formula is C48H38N4O4S4. The monoisotopic (exact) mass is 862 g/mol. The van der Waals surface area contributed by atoms with E-state index in [1.807, 2.05) is 36.4 Å². The van der Waals surface area contributed by atoms with E-state index >= 15 is 0 Å². The smallest absolute Gasteiger partial charge is 0.138 e. The molecular weight excluding hydrogens is 825 g/mol. The number of rotatable bonds is 6. The molecule has 2 spiro atoms. The van der Waals surface area contributed by atoms with Gasteiger partial charge in [0.15, 0.2) is 0 Å². The minimum atomic E-state index is -0.407. The number of hydrogen-bond acceptors (Lipinski definition) is 12. The Morgan fingerprint density at radius 2 is 0.967 bits per heavy atom.